The van der Waals surface area contributed by atoms with Crippen LogP contribution in [0.1, 0.15) is 219 Å². The Kier molecular flexibility index (Phi) is 34.4. The van der Waals surface area contributed by atoms with Crippen LogP contribution in [-0.4, -0.2) is 34.9 Å². The first-order valence-corrected chi connectivity index (χ1v) is 19.2. The second-order valence-corrected chi connectivity index (χ2v) is 13.4. The molecule has 0 spiro atoms. The summed E-state index contributed by atoms with van der Waals surface area (Å²) in [6.45, 7) is 4.36. The lowest BCUT2D eigenvalue weighted by atomic mass is 10.0. The molecule has 42 heavy (non-hydrogen) atoms. The normalized spacial score (nSPS) is 13.0. The Bertz CT molecular complexity index is 526. The Morgan fingerprint density at radius 2 is 0.762 bits per heavy atom. The van der Waals surface area contributed by atoms with Gasteiger partial charge in [-0.3, -0.25) is 4.79 Å². The second kappa shape index (κ2) is 34.9. The van der Waals surface area contributed by atoms with E-state index in [9.17, 15) is 15.0 Å². The smallest absolute Gasteiger partial charge is 0.220 e. The van der Waals surface area contributed by atoms with Gasteiger partial charge in [0.2, 0.25) is 5.91 Å². The second-order valence-electron chi connectivity index (χ2n) is 13.4. The van der Waals surface area contributed by atoms with Gasteiger partial charge in [0.05, 0.1) is 18.8 Å². The molecule has 0 saturated carbocycles. The third kappa shape index (κ3) is 30.8. The predicted molar refractivity (Wildman–Crippen MR) is 184 cm³/mol. The lowest BCUT2D eigenvalue weighted by Crippen LogP contribution is -2.45. The first-order valence-electron chi connectivity index (χ1n) is 19.2. The quantitative estimate of drug-likeness (QED) is 0.0638. The van der Waals surface area contributed by atoms with E-state index in [1.807, 2.05) is 0 Å². The highest BCUT2D eigenvalue weighted by atomic mass is 16.3. The number of hydrogen-bond donors (Lipinski definition) is 3. The minimum Gasteiger partial charge on any atom is -0.394 e. The van der Waals surface area contributed by atoms with Crippen LogP contribution in [0.15, 0.2) is 0 Å². The van der Waals surface area contributed by atoms with Crippen molar-refractivity contribution in [2.24, 2.45) is 0 Å². The van der Waals surface area contributed by atoms with Gasteiger partial charge in [-0.05, 0) is 12.8 Å². The summed E-state index contributed by atoms with van der Waals surface area (Å²) in [6, 6.07) is -0.527. The summed E-state index contributed by atoms with van der Waals surface area (Å²) in [6.07, 6.45) is 40.1. The maximum absolute atomic E-state index is 12.3. The van der Waals surface area contributed by atoms with Crippen molar-refractivity contribution < 1.29 is 15.0 Å². The zero-order valence-corrected chi connectivity index (χ0v) is 28.8. The van der Waals surface area contributed by atoms with Crippen molar-refractivity contribution in [3.63, 3.8) is 0 Å². The molecule has 0 aromatic heterocycles. The van der Waals surface area contributed by atoms with Crippen molar-refractivity contribution >= 4 is 5.91 Å². The standard InChI is InChI=1S/C38H77NO3/c1-3-5-7-9-11-13-15-17-19-20-21-23-25-27-29-31-33-37(41)36(35-40)39-38(42)34-32-30-28-26-24-22-18-16-14-12-10-8-6-4-2/h36-37,40-41H,3-35H2,1-2H3,(H,39,42)/t36-,37+/m0/s1. The minimum absolute atomic E-state index is 0.0287. The van der Waals surface area contributed by atoms with Crippen LogP contribution in [0.3, 0.4) is 0 Å². The fourth-order valence-electron chi connectivity index (χ4n) is 6.13. The summed E-state index contributed by atoms with van der Waals surface area (Å²) in [7, 11) is 0. The summed E-state index contributed by atoms with van der Waals surface area (Å²) in [5.41, 5.74) is 0. The van der Waals surface area contributed by atoms with Crippen LogP contribution in [0.4, 0.5) is 0 Å². The predicted octanol–water partition coefficient (Wildman–Crippen LogP) is 11.3. The average Bonchev–Trinajstić information content (AvgIpc) is 2.99. The molecule has 0 radical (unpaired) electrons. The van der Waals surface area contributed by atoms with E-state index >= 15 is 0 Å². The van der Waals surface area contributed by atoms with E-state index in [4.69, 9.17) is 0 Å². The van der Waals surface area contributed by atoms with E-state index in [1.54, 1.807) is 0 Å². The van der Waals surface area contributed by atoms with Gasteiger partial charge in [-0.2, -0.15) is 0 Å². The van der Waals surface area contributed by atoms with Crippen LogP contribution in [-0.2, 0) is 4.79 Å². The maximum atomic E-state index is 12.3. The van der Waals surface area contributed by atoms with Crippen LogP contribution in [0, 0.1) is 0 Å². The molecule has 3 N–H and O–H groups in total. The highest BCUT2D eigenvalue weighted by molar-refractivity contribution is 5.76. The molecular weight excluding hydrogens is 518 g/mol. The zero-order valence-electron chi connectivity index (χ0n) is 28.8. The molecule has 1 amide bonds. The van der Waals surface area contributed by atoms with E-state index in [1.165, 1.54) is 167 Å². The van der Waals surface area contributed by atoms with Gasteiger partial charge in [-0.1, -0.05) is 200 Å². The van der Waals surface area contributed by atoms with Crippen molar-refractivity contribution in [1.82, 2.24) is 5.32 Å². The van der Waals surface area contributed by atoms with Crippen molar-refractivity contribution in [3.8, 4) is 0 Å². The molecule has 0 aromatic carbocycles. The van der Waals surface area contributed by atoms with Gasteiger partial charge in [0.1, 0.15) is 0 Å². The molecule has 0 aromatic rings. The molecule has 0 aliphatic heterocycles. The van der Waals surface area contributed by atoms with Gasteiger partial charge in [0, 0.05) is 6.42 Å². The number of amides is 1. The first-order chi connectivity index (χ1) is 20.7. The van der Waals surface area contributed by atoms with Crippen molar-refractivity contribution in [2.75, 3.05) is 6.61 Å². The van der Waals surface area contributed by atoms with Crippen LogP contribution < -0.4 is 5.32 Å². The van der Waals surface area contributed by atoms with E-state index in [0.717, 1.165) is 25.7 Å². The van der Waals surface area contributed by atoms with Gasteiger partial charge in [0.25, 0.3) is 0 Å². The number of aliphatic hydroxyl groups excluding tert-OH is 2. The molecule has 0 aliphatic rings. The molecule has 0 aliphatic carbocycles. The summed E-state index contributed by atoms with van der Waals surface area (Å²) >= 11 is 0. The van der Waals surface area contributed by atoms with Gasteiger partial charge >= 0.3 is 0 Å². The molecule has 4 heteroatoms. The van der Waals surface area contributed by atoms with E-state index < -0.39 is 12.1 Å². The Balaban J connectivity index is 3.51. The van der Waals surface area contributed by atoms with Crippen molar-refractivity contribution in [2.45, 2.75) is 231 Å². The van der Waals surface area contributed by atoms with Gasteiger partial charge in [-0.15, -0.1) is 0 Å². The lowest BCUT2D eigenvalue weighted by molar-refractivity contribution is -0.123. The van der Waals surface area contributed by atoms with Gasteiger partial charge < -0.3 is 15.5 Å². The third-order valence-electron chi connectivity index (χ3n) is 9.12. The number of rotatable bonds is 35. The Morgan fingerprint density at radius 3 is 1.07 bits per heavy atom. The van der Waals surface area contributed by atoms with Crippen LogP contribution in [0.25, 0.3) is 0 Å². The zero-order chi connectivity index (χ0) is 30.8. The fraction of sp³-hybridized carbons (Fsp3) is 0.974. The first kappa shape index (κ1) is 41.4. The largest absolute Gasteiger partial charge is 0.394 e. The summed E-state index contributed by atoms with van der Waals surface area (Å²) in [4.78, 5) is 12.3. The number of carbonyl (C=O) groups excluding carboxylic acids is 1. The summed E-state index contributed by atoms with van der Waals surface area (Å²) in [5, 5.41) is 23.1. The minimum atomic E-state index is -0.651. The van der Waals surface area contributed by atoms with Crippen LogP contribution in [0.5, 0.6) is 0 Å². The number of nitrogens with one attached hydrogen (secondary N) is 1. The van der Waals surface area contributed by atoms with Crippen LogP contribution in [0.2, 0.25) is 0 Å². The molecule has 0 rings (SSSR count). The summed E-state index contributed by atoms with van der Waals surface area (Å²) in [5.74, 6) is -0.0287. The Labute approximate surface area is 264 Å². The van der Waals surface area contributed by atoms with E-state index in [0.29, 0.717) is 12.8 Å². The van der Waals surface area contributed by atoms with Gasteiger partial charge in [-0.25, -0.2) is 0 Å². The summed E-state index contributed by atoms with van der Waals surface area (Å²) < 4.78 is 0. The molecule has 4 nitrogen and oxygen atoms in total. The molecule has 2 atom stereocenters. The molecule has 252 valence electrons. The maximum Gasteiger partial charge on any atom is 0.220 e. The van der Waals surface area contributed by atoms with E-state index in [2.05, 4.69) is 19.2 Å². The molecular formula is C38H77NO3. The highest BCUT2D eigenvalue weighted by Crippen LogP contribution is 2.16. The topological polar surface area (TPSA) is 69.6 Å². The molecule has 0 heterocycles. The molecule has 0 fully saturated rings. The average molecular weight is 596 g/mol. The fourth-order valence-corrected chi connectivity index (χ4v) is 6.13. The third-order valence-corrected chi connectivity index (χ3v) is 9.12. The number of aliphatic hydroxyl groups is 2. The number of carbonyl (C=O) groups is 1. The molecule has 0 bridgehead atoms. The molecule has 0 unspecified atom stereocenters. The molecule has 0 saturated heterocycles. The monoisotopic (exact) mass is 596 g/mol. The Hall–Kier alpha value is -0.610. The van der Waals surface area contributed by atoms with Crippen molar-refractivity contribution in [3.05, 3.63) is 0 Å². The van der Waals surface area contributed by atoms with Gasteiger partial charge in [0.15, 0.2) is 0 Å². The number of hydrogen-bond acceptors (Lipinski definition) is 3. The highest BCUT2D eigenvalue weighted by Gasteiger charge is 2.19. The van der Waals surface area contributed by atoms with Crippen LogP contribution >= 0.6 is 0 Å². The van der Waals surface area contributed by atoms with E-state index in [-0.39, 0.29) is 12.5 Å². The lowest BCUT2D eigenvalue weighted by Gasteiger charge is -2.22. The number of unbranched alkanes of at least 4 members (excludes halogenated alkanes) is 28. The Morgan fingerprint density at radius 1 is 0.476 bits per heavy atom. The SMILES string of the molecule is CCCCCCCCCCCCCCCCCC[C@@H](O)[C@H](CO)NC(=O)CCCCCCCCCCCCCCCC. The van der Waals surface area contributed by atoms with Crippen molar-refractivity contribution in [1.29, 1.82) is 0 Å².